The van der Waals surface area contributed by atoms with E-state index in [1.54, 1.807) is 19.1 Å². The number of carbonyl (C=O) groups is 2. The summed E-state index contributed by atoms with van der Waals surface area (Å²) in [7, 11) is 0. The van der Waals surface area contributed by atoms with Gasteiger partial charge in [-0.2, -0.15) is 0 Å². The number of ether oxygens (including phenoxy) is 1. The van der Waals surface area contributed by atoms with Gasteiger partial charge in [-0.1, -0.05) is 25.1 Å². The fourth-order valence-corrected chi connectivity index (χ4v) is 1.98. The highest BCUT2D eigenvalue weighted by atomic mass is 16.5. The molecule has 1 aromatic rings. The zero-order valence-electron chi connectivity index (χ0n) is 13.8. The monoisotopic (exact) mass is 318 g/mol. The first-order chi connectivity index (χ1) is 11.0. The van der Waals surface area contributed by atoms with Gasteiger partial charge in [-0.15, -0.1) is 0 Å². The normalized spacial score (nSPS) is 10.1. The highest BCUT2D eigenvalue weighted by molar-refractivity contribution is 5.86. The molecule has 0 saturated carbocycles. The Morgan fingerprint density at radius 2 is 1.78 bits per heavy atom. The molecule has 0 aliphatic heterocycles. The van der Waals surface area contributed by atoms with Gasteiger partial charge in [-0.25, -0.2) is 4.79 Å². The number of nitrogens with two attached hydrogens (primary N) is 1. The van der Waals surface area contributed by atoms with Gasteiger partial charge in [0.2, 0.25) is 5.91 Å². The van der Waals surface area contributed by atoms with E-state index >= 15 is 0 Å². The predicted octanol–water partition coefficient (Wildman–Crippen LogP) is 2.61. The molecule has 0 heterocycles. The van der Waals surface area contributed by atoms with Gasteiger partial charge in [0.15, 0.2) is 0 Å². The highest BCUT2D eigenvalue weighted by Gasteiger charge is 2.03. The van der Waals surface area contributed by atoms with Crippen molar-refractivity contribution >= 4 is 17.6 Å². The van der Waals surface area contributed by atoms with Crippen LogP contribution in [0.2, 0.25) is 0 Å². The van der Waals surface area contributed by atoms with Crippen molar-refractivity contribution in [2.45, 2.75) is 39.0 Å². The summed E-state index contributed by atoms with van der Waals surface area (Å²) >= 11 is 0. The molecule has 0 aliphatic carbocycles. The van der Waals surface area contributed by atoms with E-state index in [0.717, 1.165) is 31.2 Å². The van der Waals surface area contributed by atoms with Crippen LogP contribution in [-0.4, -0.2) is 25.0 Å². The van der Waals surface area contributed by atoms with Crippen LogP contribution in [0.15, 0.2) is 36.4 Å². The van der Waals surface area contributed by atoms with Gasteiger partial charge in [-0.3, -0.25) is 4.79 Å². The lowest BCUT2D eigenvalue weighted by Crippen LogP contribution is -2.26. The Labute approximate surface area is 137 Å². The van der Waals surface area contributed by atoms with E-state index in [2.05, 4.69) is 11.9 Å². The molecule has 5 heteroatoms. The maximum atomic E-state index is 11.8. The number of nitrogen functional groups attached to an aromatic ring is 1. The Kier molecular flexibility index (Phi) is 8.50. The minimum Gasteiger partial charge on any atom is -0.462 e. The molecule has 1 aromatic carbocycles. The Hall–Kier alpha value is -2.30. The summed E-state index contributed by atoms with van der Waals surface area (Å²) in [4.78, 5) is 22.9. The second-order valence-corrected chi connectivity index (χ2v) is 5.60. The van der Waals surface area contributed by atoms with Gasteiger partial charge in [-0.05, 0) is 43.9 Å². The standard InChI is InChI=1S/C18H26N2O3/c1-14(2)18(22)23-12-6-4-3-5-11-20-17(21)13-15-7-9-16(19)10-8-15/h7-10H,1,3-6,11-13,19H2,2H3,(H,20,21). The number of rotatable bonds is 10. The molecule has 0 aliphatic rings. The van der Waals surface area contributed by atoms with Crippen molar-refractivity contribution in [2.75, 3.05) is 18.9 Å². The number of unbranched alkanes of at least 4 members (excludes halogenated alkanes) is 3. The Balaban J connectivity index is 2.00. The van der Waals surface area contributed by atoms with Gasteiger partial charge in [0, 0.05) is 17.8 Å². The number of hydrogen-bond donors (Lipinski definition) is 2. The maximum absolute atomic E-state index is 11.8. The average Bonchev–Trinajstić information content (AvgIpc) is 2.51. The third kappa shape index (κ3) is 8.66. The van der Waals surface area contributed by atoms with Gasteiger partial charge in [0.25, 0.3) is 0 Å². The van der Waals surface area contributed by atoms with E-state index in [0.29, 0.717) is 30.8 Å². The van der Waals surface area contributed by atoms with Crippen molar-refractivity contribution in [3.63, 3.8) is 0 Å². The molecule has 23 heavy (non-hydrogen) atoms. The van der Waals surface area contributed by atoms with Crippen LogP contribution in [0.25, 0.3) is 0 Å². The van der Waals surface area contributed by atoms with Crippen molar-refractivity contribution in [1.29, 1.82) is 0 Å². The number of benzene rings is 1. The molecule has 1 rings (SSSR count). The molecule has 1 amide bonds. The van der Waals surface area contributed by atoms with Crippen LogP contribution in [0.5, 0.6) is 0 Å². The van der Waals surface area contributed by atoms with Crippen molar-refractivity contribution in [2.24, 2.45) is 0 Å². The van der Waals surface area contributed by atoms with E-state index in [1.807, 2.05) is 12.1 Å². The lowest BCUT2D eigenvalue weighted by atomic mass is 10.1. The Bertz CT molecular complexity index is 524. The first-order valence-electron chi connectivity index (χ1n) is 7.93. The molecule has 0 spiro atoms. The number of hydrogen-bond acceptors (Lipinski definition) is 4. The molecule has 0 saturated heterocycles. The number of anilines is 1. The van der Waals surface area contributed by atoms with E-state index in [1.165, 1.54) is 0 Å². The third-order valence-corrected chi connectivity index (χ3v) is 3.32. The molecule has 0 bridgehead atoms. The molecule has 0 atom stereocenters. The summed E-state index contributed by atoms with van der Waals surface area (Å²) in [5, 5.41) is 2.90. The van der Waals surface area contributed by atoms with Crippen LogP contribution in [0.4, 0.5) is 5.69 Å². The summed E-state index contributed by atoms with van der Waals surface area (Å²) in [6.07, 6.45) is 4.08. The highest BCUT2D eigenvalue weighted by Crippen LogP contribution is 2.06. The first-order valence-corrected chi connectivity index (χ1v) is 7.93. The Morgan fingerprint density at radius 3 is 2.43 bits per heavy atom. The SMILES string of the molecule is C=C(C)C(=O)OCCCCCCNC(=O)Cc1ccc(N)cc1. The zero-order valence-corrected chi connectivity index (χ0v) is 13.8. The zero-order chi connectivity index (χ0) is 17.1. The predicted molar refractivity (Wildman–Crippen MR) is 91.8 cm³/mol. The molecule has 0 fully saturated rings. The minimum atomic E-state index is -0.333. The van der Waals surface area contributed by atoms with E-state index in [9.17, 15) is 9.59 Å². The van der Waals surface area contributed by atoms with E-state index in [-0.39, 0.29) is 11.9 Å². The van der Waals surface area contributed by atoms with Crippen LogP contribution in [0.1, 0.15) is 38.2 Å². The molecule has 0 radical (unpaired) electrons. The van der Waals surface area contributed by atoms with E-state index in [4.69, 9.17) is 10.5 Å². The smallest absolute Gasteiger partial charge is 0.333 e. The number of carbonyl (C=O) groups excluding carboxylic acids is 2. The lowest BCUT2D eigenvalue weighted by molar-refractivity contribution is -0.139. The van der Waals surface area contributed by atoms with Crippen LogP contribution >= 0.6 is 0 Å². The van der Waals surface area contributed by atoms with Crippen LogP contribution in [0, 0.1) is 0 Å². The fraction of sp³-hybridized carbons (Fsp3) is 0.444. The van der Waals surface area contributed by atoms with Crippen molar-refractivity contribution in [1.82, 2.24) is 5.32 Å². The van der Waals surface area contributed by atoms with Gasteiger partial charge in [0.05, 0.1) is 13.0 Å². The Morgan fingerprint density at radius 1 is 1.13 bits per heavy atom. The van der Waals surface area contributed by atoms with Gasteiger partial charge in [0.1, 0.15) is 0 Å². The average molecular weight is 318 g/mol. The summed E-state index contributed by atoms with van der Waals surface area (Å²) < 4.78 is 5.01. The maximum Gasteiger partial charge on any atom is 0.333 e. The number of amides is 1. The molecular weight excluding hydrogens is 292 g/mol. The molecule has 3 N–H and O–H groups in total. The molecule has 0 unspecified atom stereocenters. The first kappa shape index (κ1) is 18.7. The second-order valence-electron chi connectivity index (χ2n) is 5.60. The summed E-state index contributed by atoms with van der Waals surface area (Å²) in [5.74, 6) is -0.315. The van der Waals surface area contributed by atoms with Crippen molar-refractivity contribution in [3.05, 3.63) is 42.0 Å². The summed E-state index contributed by atoms with van der Waals surface area (Å²) in [5.41, 5.74) is 7.68. The van der Waals surface area contributed by atoms with Crippen molar-refractivity contribution < 1.29 is 14.3 Å². The van der Waals surface area contributed by atoms with Crippen LogP contribution in [0.3, 0.4) is 0 Å². The van der Waals surface area contributed by atoms with Crippen LogP contribution in [-0.2, 0) is 20.7 Å². The minimum absolute atomic E-state index is 0.0187. The third-order valence-electron chi connectivity index (χ3n) is 3.32. The largest absolute Gasteiger partial charge is 0.462 e. The van der Waals surface area contributed by atoms with Crippen molar-refractivity contribution in [3.8, 4) is 0 Å². The molecular formula is C18H26N2O3. The fourth-order valence-electron chi connectivity index (χ4n) is 1.98. The lowest BCUT2D eigenvalue weighted by Gasteiger charge is -2.06. The quantitative estimate of drug-likeness (QED) is 0.301. The van der Waals surface area contributed by atoms with Gasteiger partial charge < -0.3 is 15.8 Å². The molecule has 0 aromatic heterocycles. The summed E-state index contributed by atoms with van der Waals surface area (Å²) in [6.45, 7) is 6.25. The van der Waals surface area contributed by atoms with Gasteiger partial charge >= 0.3 is 5.97 Å². The summed E-state index contributed by atoms with van der Waals surface area (Å²) in [6, 6.07) is 7.31. The van der Waals surface area contributed by atoms with Crippen LogP contribution < -0.4 is 11.1 Å². The molecule has 5 nitrogen and oxygen atoms in total. The topological polar surface area (TPSA) is 81.4 Å². The number of nitrogens with one attached hydrogen (secondary N) is 1. The molecule has 126 valence electrons. The number of esters is 1. The van der Waals surface area contributed by atoms with E-state index < -0.39 is 0 Å². The second kappa shape index (κ2) is 10.4.